The number of carboxylic acids is 1. The van der Waals surface area contributed by atoms with Gasteiger partial charge in [-0.05, 0) is 43.4 Å². The average Bonchev–Trinajstić information content (AvgIpc) is 2.50. The number of amides is 1. The number of benzene rings is 2. The van der Waals surface area contributed by atoms with Gasteiger partial charge >= 0.3 is 5.97 Å². The summed E-state index contributed by atoms with van der Waals surface area (Å²) >= 11 is 16.9. The van der Waals surface area contributed by atoms with Crippen molar-refractivity contribution in [3.8, 4) is 0 Å². The van der Waals surface area contributed by atoms with Gasteiger partial charge in [0.15, 0.2) is 5.11 Å². The molecule has 124 valence electrons. The molecular formula is C16H12Cl2N2O3S. The molecule has 0 unspecified atom stereocenters. The highest BCUT2D eigenvalue weighted by atomic mass is 35.5. The molecule has 8 heteroatoms. The first-order valence-electron chi connectivity index (χ1n) is 6.69. The lowest BCUT2D eigenvalue weighted by atomic mass is 10.1. The summed E-state index contributed by atoms with van der Waals surface area (Å²) in [5, 5.41) is 14.5. The number of rotatable bonds is 3. The molecule has 2 rings (SSSR count). The van der Waals surface area contributed by atoms with Crippen LogP contribution in [0.3, 0.4) is 0 Å². The Kier molecular flexibility index (Phi) is 5.77. The standard InChI is InChI=1S/C16H12Cl2N2O3S/c1-8-2-4-9(5-3-8)14(21)20-16(24)19-13-11(15(22)23)6-10(17)7-12(13)18/h2-7H,1H3,(H,22,23)(H2,19,20,21,24). The number of aromatic carboxylic acids is 1. The van der Waals surface area contributed by atoms with Gasteiger partial charge < -0.3 is 10.4 Å². The van der Waals surface area contributed by atoms with Crippen molar-refractivity contribution < 1.29 is 14.7 Å². The normalized spacial score (nSPS) is 10.1. The third kappa shape index (κ3) is 4.44. The molecule has 0 atom stereocenters. The van der Waals surface area contributed by atoms with Crippen LogP contribution in [0.2, 0.25) is 10.0 Å². The van der Waals surface area contributed by atoms with E-state index in [4.69, 9.17) is 35.4 Å². The zero-order chi connectivity index (χ0) is 17.9. The van der Waals surface area contributed by atoms with Gasteiger partial charge in [0.25, 0.3) is 5.91 Å². The van der Waals surface area contributed by atoms with E-state index in [2.05, 4.69) is 10.6 Å². The summed E-state index contributed by atoms with van der Waals surface area (Å²) in [6.07, 6.45) is 0. The van der Waals surface area contributed by atoms with Gasteiger partial charge in [-0.15, -0.1) is 0 Å². The summed E-state index contributed by atoms with van der Waals surface area (Å²) < 4.78 is 0. The largest absolute Gasteiger partial charge is 0.478 e. The Labute approximate surface area is 153 Å². The molecule has 0 saturated heterocycles. The molecule has 3 N–H and O–H groups in total. The van der Waals surface area contributed by atoms with Crippen LogP contribution in [-0.4, -0.2) is 22.1 Å². The van der Waals surface area contributed by atoms with E-state index in [1.807, 2.05) is 6.92 Å². The van der Waals surface area contributed by atoms with Gasteiger partial charge in [0.1, 0.15) is 0 Å². The van der Waals surface area contributed by atoms with Crippen molar-refractivity contribution >= 4 is 58.1 Å². The maximum atomic E-state index is 12.1. The molecule has 0 aromatic heterocycles. The van der Waals surface area contributed by atoms with Crippen LogP contribution < -0.4 is 10.6 Å². The topological polar surface area (TPSA) is 78.4 Å². The number of anilines is 1. The molecule has 0 saturated carbocycles. The van der Waals surface area contributed by atoms with E-state index in [9.17, 15) is 14.7 Å². The van der Waals surface area contributed by atoms with E-state index >= 15 is 0 Å². The number of thiocarbonyl (C=S) groups is 1. The molecule has 0 aliphatic rings. The summed E-state index contributed by atoms with van der Waals surface area (Å²) in [5.41, 5.74) is 1.35. The molecule has 0 heterocycles. The maximum Gasteiger partial charge on any atom is 0.337 e. The molecule has 2 aromatic rings. The number of carbonyl (C=O) groups excluding carboxylic acids is 1. The van der Waals surface area contributed by atoms with Crippen LogP contribution >= 0.6 is 35.4 Å². The number of halogens is 2. The monoisotopic (exact) mass is 382 g/mol. The van der Waals surface area contributed by atoms with Crippen LogP contribution in [0.1, 0.15) is 26.3 Å². The third-order valence-corrected chi connectivity index (χ3v) is 3.79. The second-order valence-corrected chi connectivity index (χ2v) is 6.14. The van der Waals surface area contributed by atoms with E-state index < -0.39 is 11.9 Å². The molecule has 0 radical (unpaired) electrons. The number of hydrogen-bond acceptors (Lipinski definition) is 3. The van der Waals surface area contributed by atoms with Crippen molar-refractivity contribution in [2.75, 3.05) is 5.32 Å². The summed E-state index contributed by atoms with van der Waals surface area (Å²) in [7, 11) is 0. The Morgan fingerprint density at radius 2 is 1.75 bits per heavy atom. The smallest absolute Gasteiger partial charge is 0.337 e. The van der Waals surface area contributed by atoms with Gasteiger partial charge in [-0.3, -0.25) is 10.1 Å². The lowest BCUT2D eigenvalue weighted by Crippen LogP contribution is -2.34. The van der Waals surface area contributed by atoms with E-state index in [-0.39, 0.29) is 26.4 Å². The number of carbonyl (C=O) groups is 2. The Balaban J connectivity index is 2.17. The minimum absolute atomic E-state index is 0.0581. The Morgan fingerprint density at radius 3 is 2.33 bits per heavy atom. The summed E-state index contributed by atoms with van der Waals surface area (Å²) in [6, 6.07) is 9.52. The summed E-state index contributed by atoms with van der Waals surface area (Å²) in [5.74, 6) is -1.65. The first-order valence-corrected chi connectivity index (χ1v) is 7.85. The Bertz CT molecular complexity index is 823. The van der Waals surface area contributed by atoms with Crippen LogP contribution in [0, 0.1) is 6.92 Å². The zero-order valence-electron chi connectivity index (χ0n) is 12.4. The van der Waals surface area contributed by atoms with Crippen LogP contribution in [0.15, 0.2) is 36.4 Å². The van der Waals surface area contributed by atoms with E-state index in [0.29, 0.717) is 5.56 Å². The molecule has 24 heavy (non-hydrogen) atoms. The van der Waals surface area contributed by atoms with E-state index in [1.165, 1.54) is 12.1 Å². The molecular weight excluding hydrogens is 371 g/mol. The number of carboxylic acid groups (broad SMARTS) is 1. The predicted molar refractivity (Wildman–Crippen MR) is 98.3 cm³/mol. The summed E-state index contributed by atoms with van der Waals surface area (Å²) in [6.45, 7) is 1.91. The number of aryl methyl sites for hydroxylation is 1. The first-order chi connectivity index (χ1) is 11.3. The molecule has 0 aliphatic carbocycles. The predicted octanol–water partition coefficient (Wildman–Crippen LogP) is 4.13. The third-order valence-electron chi connectivity index (χ3n) is 3.06. The highest BCUT2D eigenvalue weighted by Crippen LogP contribution is 2.30. The second kappa shape index (κ2) is 7.61. The lowest BCUT2D eigenvalue weighted by molar-refractivity contribution is 0.0697. The first kappa shape index (κ1) is 18.2. The van der Waals surface area contributed by atoms with Crippen molar-refractivity contribution in [1.29, 1.82) is 0 Å². The van der Waals surface area contributed by atoms with Crippen molar-refractivity contribution in [2.24, 2.45) is 0 Å². The highest BCUT2D eigenvalue weighted by molar-refractivity contribution is 7.80. The van der Waals surface area contributed by atoms with Crippen LogP contribution in [0.4, 0.5) is 5.69 Å². The van der Waals surface area contributed by atoms with Crippen molar-refractivity contribution in [3.63, 3.8) is 0 Å². The fraction of sp³-hybridized carbons (Fsp3) is 0.0625. The lowest BCUT2D eigenvalue weighted by Gasteiger charge is -2.13. The van der Waals surface area contributed by atoms with Crippen LogP contribution in [0.25, 0.3) is 0 Å². The molecule has 0 spiro atoms. The molecule has 0 aliphatic heterocycles. The van der Waals surface area contributed by atoms with Crippen molar-refractivity contribution in [2.45, 2.75) is 6.92 Å². The van der Waals surface area contributed by atoms with Crippen LogP contribution in [-0.2, 0) is 0 Å². The average molecular weight is 383 g/mol. The minimum atomic E-state index is -1.23. The van der Waals surface area contributed by atoms with E-state index in [1.54, 1.807) is 24.3 Å². The molecule has 0 fully saturated rings. The summed E-state index contributed by atoms with van der Waals surface area (Å²) in [4.78, 5) is 23.4. The number of hydrogen-bond donors (Lipinski definition) is 3. The Morgan fingerprint density at radius 1 is 1.12 bits per heavy atom. The molecule has 1 amide bonds. The van der Waals surface area contributed by atoms with Crippen molar-refractivity contribution in [1.82, 2.24) is 5.32 Å². The highest BCUT2D eigenvalue weighted by Gasteiger charge is 2.17. The number of nitrogens with one attached hydrogen (secondary N) is 2. The minimum Gasteiger partial charge on any atom is -0.478 e. The maximum absolute atomic E-state index is 12.1. The second-order valence-electron chi connectivity index (χ2n) is 4.89. The zero-order valence-corrected chi connectivity index (χ0v) is 14.7. The quantitative estimate of drug-likeness (QED) is 0.695. The van der Waals surface area contributed by atoms with Gasteiger partial charge in [-0.25, -0.2) is 4.79 Å². The molecule has 5 nitrogen and oxygen atoms in total. The molecule has 2 aromatic carbocycles. The van der Waals surface area contributed by atoms with E-state index in [0.717, 1.165) is 5.56 Å². The fourth-order valence-corrected chi connectivity index (χ4v) is 2.63. The molecule has 0 bridgehead atoms. The SMILES string of the molecule is Cc1ccc(C(=O)NC(=S)Nc2c(Cl)cc(Cl)cc2C(=O)O)cc1. The van der Waals surface area contributed by atoms with Gasteiger partial charge in [-0.1, -0.05) is 40.9 Å². The van der Waals surface area contributed by atoms with Gasteiger partial charge in [0, 0.05) is 10.6 Å². The fourth-order valence-electron chi connectivity index (χ4n) is 1.89. The van der Waals surface area contributed by atoms with Gasteiger partial charge in [0.05, 0.1) is 16.3 Å². The van der Waals surface area contributed by atoms with Crippen molar-refractivity contribution in [3.05, 3.63) is 63.1 Å². The Hall–Kier alpha value is -2.15. The van der Waals surface area contributed by atoms with Gasteiger partial charge in [-0.2, -0.15) is 0 Å². The van der Waals surface area contributed by atoms with Crippen LogP contribution in [0.5, 0.6) is 0 Å². The van der Waals surface area contributed by atoms with Gasteiger partial charge in [0.2, 0.25) is 0 Å².